The molecule has 150 valence electrons. The Balaban J connectivity index is 1.49. The van der Waals surface area contributed by atoms with Gasteiger partial charge in [-0.1, -0.05) is 18.2 Å². The summed E-state index contributed by atoms with van der Waals surface area (Å²) in [7, 11) is -3.57. The standard InChI is InChI=1S/C19H21F2N3O3S/c20-14-6-7-17(21)18(12-14)22-19(25)13-24-10-8-15(9-11-24)23-28(26,27)16-4-2-1-3-5-16/h1-7,12,15,23H,8-11,13H2,(H,22,25). The van der Waals surface area contributed by atoms with Gasteiger partial charge in [-0.3, -0.25) is 9.69 Å². The van der Waals surface area contributed by atoms with Crippen molar-refractivity contribution in [3.8, 4) is 0 Å². The van der Waals surface area contributed by atoms with E-state index in [2.05, 4.69) is 10.0 Å². The number of carbonyl (C=O) groups is 1. The Morgan fingerprint density at radius 1 is 1.07 bits per heavy atom. The Labute approximate surface area is 162 Å². The van der Waals surface area contributed by atoms with Gasteiger partial charge in [0.2, 0.25) is 15.9 Å². The highest BCUT2D eigenvalue weighted by atomic mass is 32.2. The van der Waals surface area contributed by atoms with Crippen LogP contribution in [0.4, 0.5) is 14.5 Å². The van der Waals surface area contributed by atoms with Crippen molar-refractivity contribution >= 4 is 21.6 Å². The van der Waals surface area contributed by atoms with Gasteiger partial charge >= 0.3 is 0 Å². The second kappa shape index (κ2) is 8.76. The Hall–Kier alpha value is -2.36. The number of amides is 1. The van der Waals surface area contributed by atoms with Crippen LogP contribution in [0.15, 0.2) is 53.4 Å². The molecule has 0 aromatic heterocycles. The van der Waals surface area contributed by atoms with Crippen molar-refractivity contribution < 1.29 is 22.0 Å². The Kier molecular flexibility index (Phi) is 6.38. The maximum absolute atomic E-state index is 13.6. The fraction of sp³-hybridized carbons (Fsp3) is 0.316. The SMILES string of the molecule is O=C(CN1CCC(NS(=O)(=O)c2ccccc2)CC1)Nc1cc(F)ccc1F. The van der Waals surface area contributed by atoms with Crippen LogP contribution in [-0.4, -0.2) is 44.9 Å². The second-order valence-electron chi connectivity index (χ2n) is 6.66. The van der Waals surface area contributed by atoms with Crippen LogP contribution >= 0.6 is 0 Å². The summed E-state index contributed by atoms with van der Waals surface area (Å²) in [5, 5.41) is 2.36. The fourth-order valence-corrected chi connectivity index (χ4v) is 4.41. The van der Waals surface area contributed by atoms with Crippen molar-refractivity contribution in [2.24, 2.45) is 0 Å². The van der Waals surface area contributed by atoms with Gasteiger partial charge in [0.05, 0.1) is 17.1 Å². The van der Waals surface area contributed by atoms with Gasteiger partial charge in [-0.05, 0) is 37.1 Å². The minimum Gasteiger partial charge on any atom is -0.322 e. The smallest absolute Gasteiger partial charge is 0.240 e. The number of rotatable bonds is 6. The number of sulfonamides is 1. The summed E-state index contributed by atoms with van der Waals surface area (Å²) in [6.07, 6.45) is 1.10. The van der Waals surface area contributed by atoms with Crippen LogP contribution in [0, 0.1) is 11.6 Å². The zero-order valence-corrected chi connectivity index (χ0v) is 15.9. The maximum atomic E-state index is 13.6. The number of nitrogens with one attached hydrogen (secondary N) is 2. The molecular weight excluding hydrogens is 388 g/mol. The van der Waals surface area contributed by atoms with Crippen molar-refractivity contribution in [1.29, 1.82) is 0 Å². The second-order valence-corrected chi connectivity index (χ2v) is 8.37. The highest BCUT2D eigenvalue weighted by Gasteiger charge is 2.25. The van der Waals surface area contributed by atoms with E-state index in [1.165, 1.54) is 12.1 Å². The lowest BCUT2D eigenvalue weighted by atomic mass is 10.1. The molecule has 1 heterocycles. The maximum Gasteiger partial charge on any atom is 0.240 e. The van der Waals surface area contributed by atoms with Crippen LogP contribution in [0.25, 0.3) is 0 Å². The predicted molar refractivity (Wildman–Crippen MR) is 101 cm³/mol. The highest BCUT2D eigenvalue weighted by molar-refractivity contribution is 7.89. The van der Waals surface area contributed by atoms with E-state index in [-0.39, 0.29) is 23.2 Å². The molecule has 0 bridgehead atoms. The van der Waals surface area contributed by atoms with E-state index in [0.717, 1.165) is 18.2 Å². The Bertz CT molecular complexity index is 931. The van der Waals surface area contributed by atoms with E-state index in [1.807, 2.05) is 4.90 Å². The van der Waals surface area contributed by atoms with Crippen LogP contribution in [0.5, 0.6) is 0 Å². The van der Waals surface area contributed by atoms with Gasteiger partial charge in [-0.15, -0.1) is 0 Å². The van der Waals surface area contributed by atoms with Gasteiger partial charge < -0.3 is 5.32 Å². The molecule has 2 N–H and O–H groups in total. The van der Waals surface area contributed by atoms with E-state index in [0.29, 0.717) is 25.9 Å². The molecule has 2 aromatic rings. The van der Waals surface area contributed by atoms with E-state index in [9.17, 15) is 22.0 Å². The Morgan fingerprint density at radius 3 is 2.43 bits per heavy atom. The third kappa shape index (κ3) is 5.34. The molecule has 6 nitrogen and oxygen atoms in total. The predicted octanol–water partition coefficient (Wildman–Crippen LogP) is 2.35. The quantitative estimate of drug-likeness (QED) is 0.768. The number of anilines is 1. The molecular formula is C19H21F2N3O3S. The summed E-state index contributed by atoms with van der Waals surface area (Å²) < 4.78 is 54.2. The molecule has 2 aromatic carbocycles. The molecule has 1 fully saturated rings. The summed E-state index contributed by atoms with van der Waals surface area (Å²) in [6, 6.07) is 10.8. The topological polar surface area (TPSA) is 78.5 Å². The largest absolute Gasteiger partial charge is 0.322 e. The molecule has 0 aliphatic carbocycles. The summed E-state index contributed by atoms with van der Waals surface area (Å²) in [5.74, 6) is -1.79. The summed E-state index contributed by atoms with van der Waals surface area (Å²) in [6.45, 7) is 1.05. The van der Waals surface area contributed by atoms with Crippen molar-refractivity contribution in [3.05, 3.63) is 60.2 Å². The first kappa shape index (κ1) is 20.4. The number of nitrogens with zero attached hydrogens (tertiary/aromatic N) is 1. The molecule has 1 aliphatic rings. The van der Waals surface area contributed by atoms with Crippen LogP contribution in [-0.2, 0) is 14.8 Å². The number of carbonyl (C=O) groups excluding carboxylic acids is 1. The molecule has 0 radical (unpaired) electrons. The zero-order valence-electron chi connectivity index (χ0n) is 15.1. The van der Waals surface area contributed by atoms with Gasteiger partial charge in [-0.25, -0.2) is 21.9 Å². The van der Waals surface area contributed by atoms with Crippen LogP contribution in [0.2, 0.25) is 0 Å². The molecule has 1 amide bonds. The third-order valence-electron chi connectivity index (χ3n) is 4.53. The van der Waals surface area contributed by atoms with Gasteiger partial charge in [0, 0.05) is 25.2 Å². The molecule has 0 atom stereocenters. The lowest BCUT2D eigenvalue weighted by Gasteiger charge is -2.31. The van der Waals surface area contributed by atoms with Gasteiger partial charge in [0.25, 0.3) is 0 Å². The number of piperidine rings is 1. The number of benzene rings is 2. The normalized spacial score (nSPS) is 16.1. The lowest BCUT2D eigenvalue weighted by Crippen LogP contribution is -2.46. The molecule has 9 heteroatoms. The molecule has 0 unspecified atom stereocenters. The Morgan fingerprint density at radius 2 is 1.75 bits per heavy atom. The monoisotopic (exact) mass is 409 g/mol. The molecule has 0 spiro atoms. The minimum absolute atomic E-state index is 0.0219. The number of likely N-dealkylation sites (tertiary alicyclic amines) is 1. The molecule has 3 rings (SSSR count). The first-order valence-electron chi connectivity index (χ1n) is 8.88. The number of halogens is 2. The van der Waals surface area contributed by atoms with Crippen LogP contribution in [0.3, 0.4) is 0 Å². The van der Waals surface area contributed by atoms with Gasteiger partial charge in [0.1, 0.15) is 11.6 Å². The summed E-state index contributed by atoms with van der Waals surface area (Å²) >= 11 is 0. The van der Waals surface area contributed by atoms with E-state index >= 15 is 0 Å². The molecule has 1 saturated heterocycles. The van der Waals surface area contributed by atoms with E-state index < -0.39 is 27.6 Å². The van der Waals surface area contributed by atoms with Crippen molar-refractivity contribution in [2.75, 3.05) is 25.0 Å². The van der Waals surface area contributed by atoms with Gasteiger partial charge in [-0.2, -0.15) is 0 Å². The first-order chi connectivity index (χ1) is 13.3. The van der Waals surface area contributed by atoms with E-state index in [1.54, 1.807) is 18.2 Å². The molecule has 0 saturated carbocycles. The van der Waals surface area contributed by atoms with Crippen molar-refractivity contribution in [2.45, 2.75) is 23.8 Å². The number of hydrogen-bond acceptors (Lipinski definition) is 4. The summed E-state index contributed by atoms with van der Waals surface area (Å²) in [5.41, 5.74) is -0.199. The average molecular weight is 409 g/mol. The fourth-order valence-electron chi connectivity index (χ4n) is 3.08. The van der Waals surface area contributed by atoms with Crippen LogP contribution < -0.4 is 10.0 Å². The molecule has 1 aliphatic heterocycles. The van der Waals surface area contributed by atoms with E-state index in [4.69, 9.17) is 0 Å². The van der Waals surface area contributed by atoms with Crippen molar-refractivity contribution in [3.63, 3.8) is 0 Å². The molecule has 28 heavy (non-hydrogen) atoms. The first-order valence-corrected chi connectivity index (χ1v) is 10.4. The van der Waals surface area contributed by atoms with Crippen molar-refractivity contribution in [1.82, 2.24) is 9.62 Å². The zero-order chi connectivity index (χ0) is 20.1. The number of hydrogen-bond donors (Lipinski definition) is 2. The van der Waals surface area contributed by atoms with Crippen LogP contribution in [0.1, 0.15) is 12.8 Å². The average Bonchev–Trinajstić information content (AvgIpc) is 2.67. The minimum atomic E-state index is -3.57. The van der Waals surface area contributed by atoms with Gasteiger partial charge in [0.15, 0.2) is 0 Å². The highest BCUT2D eigenvalue weighted by Crippen LogP contribution is 2.17. The summed E-state index contributed by atoms with van der Waals surface area (Å²) in [4.78, 5) is 14.1. The third-order valence-corrected chi connectivity index (χ3v) is 6.07. The lowest BCUT2D eigenvalue weighted by molar-refractivity contribution is -0.117.